The molecule has 1 aromatic rings. The maximum atomic E-state index is 2.58. The second-order valence-electron chi connectivity index (χ2n) is 18.7. The van der Waals surface area contributed by atoms with Crippen LogP contribution in [0.15, 0.2) is 250 Å². The monoisotopic (exact) mass is 802 g/mol. The molecule has 0 heteroatoms. The molecule has 0 aliphatic heterocycles. The van der Waals surface area contributed by atoms with Crippen molar-refractivity contribution in [3.05, 3.63) is 261 Å². The SMILES string of the molecule is C1=CCC(C2C=C(C3=CCCC=C3)C=C(C3=CC=C(C4=c5ccccc5=C(C5=CC=C(C=CC6=CC=C(C7=CC=CC8C=CC=CC78)CC6)CC5)C5C=CC=CC45)CC3)C2)C=C1. The summed E-state index contributed by atoms with van der Waals surface area (Å²) in [6.07, 6.45) is 77.6. The quantitative estimate of drug-likeness (QED) is 0.246. The molecule has 0 aromatic heterocycles. The van der Waals surface area contributed by atoms with Gasteiger partial charge in [-0.15, -0.1) is 0 Å². The van der Waals surface area contributed by atoms with Crippen molar-refractivity contribution in [1.82, 2.24) is 0 Å². The Balaban J connectivity index is 0.875. The Labute approximate surface area is 369 Å². The second kappa shape index (κ2) is 17.4. The van der Waals surface area contributed by atoms with Crippen molar-refractivity contribution in [3.8, 4) is 0 Å². The first-order valence-electron chi connectivity index (χ1n) is 23.7. The van der Waals surface area contributed by atoms with E-state index in [1.165, 1.54) is 71.7 Å². The first-order valence-corrected chi connectivity index (χ1v) is 23.7. The Hall–Kier alpha value is -5.98. The van der Waals surface area contributed by atoms with Crippen molar-refractivity contribution >= 4 is 11.1 Å². The summed E-state index contributed by atoms with van der Waals surface area (Å²) in [7, 11) is 0. The van der Waals surface area contributed by atoms with E-state index >= 15 is 0 Å². The Morgan fingerprint density at radius 2 is 1.10 bits per heavy atom. The van der Waals surface area contributed by atoms with Gasteiger partial charge in [0.1, 0.15) is 0 Å². The molecule has 10 aliphatic rings. The highest BCUT2D eigenvalue weighted by Crippen LogP contribution is 2.46. The topological polar surface area (TPSA) is 0 Å². The van der Waals surface area contributed by atoms with Gasteiger partial charge in [-0.2, -0.15) is 0 Å². The largest absolute Gasteiger partial charge is 0.0839 e. The number of fused-ring (bicyclic) bond motifs is 3. The number of allylic oxidation sites excluding steroid dienone is 38. The summed E-state index contributed by atoms with van der Waals surface area (Å²) in [5, 5.41) is 2.86. The van der Waals surface area contributed by atoms with Gasteiger partial charge >= 0.3 is 0 Å². The standard InChI is InChI=1S/C62H58/c1-3-14-45(15-4-1)52-40-53(46-16-5-2-6-17-46)42-54(41-52)47-36-38-51(39-37-47)62-59-23-11-9-21-57(59)61(58-22-10-12-24-60(58)62)50-34-30-44(31-35-50)27-26-43-28-32-49(33-29-43)56-25-13-19-48-18-7-8-20-55(48)56/h1,3-5,7-14,16-28,30,32,34,36,38,40,42,45,48,52,55,57,59H,2,6,15,29,31,33,35,37,39,41H2. The highest BCUT2D eigenvalue weighted by molar-refractivity contribution is 5.81. The molecule has 62 heavy (non-hydrogen) atoms. The molecule has 6 unspecified atom stereocenters. The van der Waals surface area contributed by atoms with Crippen molar-refractivity contribution in [2.75, 3.05) is 0 Å². The Bertz CT molecular complexity index is 2790. The van der Waals surface area contributed by atoms with E-state index in [0.29, 0.717) is 35.5 Å². The van der Waals surface area contributed by atoms with Crippen LogP contribution in [0.4, 0.5) is 0 Å². The van der Waals surface area contributed by atoms with Crippen LogP contribution < -0.4 is 10.4 Å². The van der Waals surface area contributed by atoms with Gasteiger partial charge in [0, 0.05) is 23.7 Å². The minimum atomic E-state index is 0.342. The van der Waals surface area contributed by atoms with Gasteiger partial charge in [0.2, 0.25) is 0 Å². The molecule has 0 radical (unpaired) electrons. The fourth-order valence-electron chi connectivity index (χ4n) is 11.7. The molecule has 11 rings (SSSR count). The number of hydrogen-bond donors (Lipinski definition) is 0. The van der Waals surface area contributed by atoms with Crippen LogP contribution in [-0.2, 0) is 0 Å². The maximum Gasteiger partial charge on any atom is 0.0134 e. The fourth-order valence-corrected chi connectivity index (χ4v) is 11.7. The minimum absolute atomic E-state index is 0.342. The molecule has 0 bridgehead atoms. The van der Waals surface area contributed by atoms with Gasteiger partial charge in [-0.05, 0) is 153 Å². The zero-order chi connectivity index (χ0) is 41.2. The van der Waals surface area contributed by atoms with E-state index in [0.717, 1.165) is 64.2 Å². The summed E-state index contributed by atoms with van der Waals surface area (Å²) < 4.78 is 0. The van der Waals surface area contributed by atoms with E-state index in [4.69, 9.17) is 0 Å². The van der Waals surface area contributed by atoms with E-state index in [9.17, 15) is 0 Å². The maximum absolute atomic E-state index is 2.58. The summed E-state index contributed by atoms with van der Waals surface area (Å²) in [6.45, 7) is 0. The summed E-state index contributed by atoms with van der Waals surface area (Å²) >= 11 is 0. The third-order valence-electron chi connectivity index (χ3n) is 15.0. The first kappa shape index (κ1) is 38.9. The lowest BCUT2D eigenvalue weighted by Crippen LogP contribution is -2.40. The predicted octanol–water partition coefficient (Wildman–Crippen LogP) is 14.0. The molecule has 0 heterocycles. The van der Waals surface area contributed by atoms with Crippen molar-refractivity contribution in [1.29, 1.82) is 0 Å². The summed E-state index contributed by atoms with van der Waals surface area (Å²) in [4.78, 5) is 0. The highest BCUT2D eigenvalue weighted by atomic mass is 14.4. The molecular formula is C62H58. The Morgan fingerprint density at radius 1 is 0.468 bits per heavy atom. The van der Waals surface area contributed by atoms with Crippen LogP contribution in [0.5, 0.6) is 0 Å². The highest BCUT2D eigenvalue weighted by Gasteiger charge is 2.34. The van der Waals surface area contributed by atoms with Crippen LogP contribution in [0.3, 0.4) is 0 Å². The normalized spacial score (nSPS) is 29.6. The van der Waals surface area contributed by atoms with Crippen LogP contribution in [0, 0.1) is 35.5 Å². The predicted molar refractivity (Wildman–Crippen MR) is 263 cm³/mol. The first-order chi connectivity index (χ1) is 30.7. The lowest BCUT2D eigenvalue weighted by Gasteiger charge is -2.36. The van der Waals surface area contributed by atoms with E-state index in [1.807, 2.05) is 0 Å². The zero-order valence-electron chi connectivity index (χ0n) is 36.0. The third-order valence-corrected chi connectivity index (χ3v) is 15.0. The average molecular weight is 803 g/mol. The van der Waals surface area contributed by atoms with Gasteiger partial charge in [-0.1, -0.05) is 194 Å². The molecule has 0 amide bonds. The average Bonchev–Trinajstić information content (AvgIpc) is 3.35. The molecule has 0 spiro atoms. The molecule has 0 N–H and O–H groups in total. The third kappa shape index (κ3) is 7.75. The molecular weight excluding hydrogens is 745 g/mol. The fraction of sp³-hybridized carbons (Fsp3) is 0.258. The van der Waals surface area contributed by atoms with Crippen molar-refractivity contribution in [2.45, 2.75) is 64.2 Å². The molecule has 0 nitrogen and oxygen atoms in total. The molecule has 0 saturated carbocycles. The summed E-state index contributed by atoms with van der Waals surface area (Å²) in [6, 6.07) is 9.32. The molecule has 1 aromatic carbocycles. The van der Waals surface area contributed by atoms with Crippen molar-refractivity contribution in [3.63, 3.8) is 0 Å². The molecule has 0 saturated heterocycles. The van der Waals surface area contributed by atoms with Gasteiger partial charge < -0.3 is 0 Å². The zero-order valence-corrected chi connectivity index (χ0v) is 36.0. The number of hydrogen-bond acceptors (Lipinski definition) is 0. The van der Waals surface area contributed by atoms with Crippen LogP contribution in [0.2, 0.25) is 0 Å². The van der Waals surface area contributed by atoms with Gasteiger partial charge in [0.15, 0.2) is 0 Å². The summed E-state index contributed by atoms with van der Waals surface area (Å²) in [5.74, 6) is 2.75. The van der Waals surface area contributed by atoms with Crippen LogP contribution >= 0.6 is 0 Å². The molecule has 6 atom stereocenters. The van der Waals surface area contributed by atoms with E-state index in [2.05, 4.69) is 194 Å². The van der Waals surface area contributed by atoms with Gasteiger partial charge in [-0.25, -0.2) is 0 Å². The van der Waals surface area contributed by atoms with Crippen LogP contribution in [-0.4, -0.2) is 0 Å². The Kier molecular flexibility index (Phi) is 10.9. The van der Waals surface area contributed by atoms with Gasteiger partial charge in [-0.3, -0.25) is 0 Å². The summed E-state index contributed by atoms with van der Waals surface area (Å²) in [5.41, 5.74) is 17.8. The second-order valence-corrected chi connectivity index (χ2v) is 18.7. The van der Waals surface area contributed by atoms with E-state index in [-0.39, 0.29) is 0 Å². The lowest BCUT2D eigenvalue weighted by atomic mass is 9.67. The van der Waals surface area contributed by atoms with Crippen LogP contribution in [0.1, 0.15) is 64.2 Å². The number of rotatable bonds is 8. The van der Waals surface area contributed by atoms with Crippen LogP contribution in [0.25, 0.3) is 11.1 Å². The minimum Gasteiger partial charge on any atom is -0.0839 e. The van der Waals surface area contributed by atoms with Crippen molar-refractivity contribution < 1.29 is 0 Å². The lowest BCUT2D eigenvalue weighted by molar-refractivity contribution is 0.467. The molecule has 10 aliphatic carbocycles. The molecule has 0 fully saturated rings. The van der Waals surface area contributed by atoms with Gasteiger partial charge in [0.05, 0.1) is 0 Å². The molecule has 306 valence electrons. The van der Waals surface area contributed by atoms with E-state index < -0.39 is 0 Å². The van der Waals surface area contributed by atoms with Gasteiger partial charge in [0.25, 0.3) is 0 Å². The van der Waals surface area contributed by atoms with E-state index in [1.54, 1.807) is 5.57 Å². The smallest absolute Gasteiger partial charge is 0.0134 e. The van der Waals surface area contributed by atoms with Crippen molar-refractivity contribution in [2.24, 2.45) is 35.5 Å². The Morgan fingerprint density at radius 3 is 1.74 bits per heavy atom. The number of benzene rings is 1.